The lowest BCUT2D eigenvalue weighted by atomic mass is 10.0. The first kappa shape index (κ1) is 21.4. The maximum atomic E-state index is 10.7. The van der Waals surface area contributed by atoms with Crippen molar-refractivity contribution >= 4 is 39.1 Å². The molecular formula is C18H21ClN6O2S. The highest BCUT2D eigenvalue weighted by molar-refractivity contribution is 7.89. The number of aryl methyl sites for hydroxylation is 1. The van der Waals surface area contributed by atoms with Gasteiger partial charge in [0.2, 0.25) is 16.0 Å². The van der Waals surface area contributed by atoms with Gasteiger partial charge in [-0.1, -0.05) is 30.7 Å². The van der Waals surface area contributed by atoms with Crippen molar-refractivity contribution in [3.8, 4) is 11.1 Å². The maximum Gasteiger partial charge on any atom is 0.238 e. The number of hydrogen-bond donors (Lipinski definition) is 4. The van der Waals surface area contributed by atoms with E-state index in [1.807, 2.05) is 31.2 Å². The van der Waals surface area contributed by atoms with Crippen molar-refractivity contribution in [2.45, 2.75) is 18.2 Å². The van der Waals surface area contributed by atoms with Gasteiger partial charge in [0.05, 0.1) is 10.6 Å². The fourth-order valence-electron chi connectivity index (χ4n) is 2.39. The molecule has 1 aromatic heterocycles. The van der Waals surface area contributed by atoms with Gasteiger partial charge in [0.1, 0.15) is 5.82 Å². The molecule has 0 unspecified atom stereocenters. The van der Waals surface area contributed by atoms with Crippen molar-refractivity contribution in [2.24, 2.45) is 5.14 Å². The Kier molecular flexibility index (Phi) is 6.79. The molecule has 0 saturated carbocycles. The molecule has 0 radical (unpaired) electrons. The summed E-state index contributed by atoms with van der Waals surface area (Å²) in [6.07, 6.45) is 0.745. The van der Waals surface area contributed by atoms with Crippen molar-refractivity contribution in [3.63, 3.8) is 0 Å². The molecule has 148 valence electrons. The number of aromatic nitrogens is 2. The predicted molar refractivity (Wildman–Crippen MR) is 113 cm³/mol. The number of benzene rings is 2. The molecule has 0 amide bonds. The van der Waals surface area contributed by atoms with Crippen LogP contribution in [0, 0.1) is 0 Å². The summed E-state index contributed by atoms with van der Waals surface area (Å²) < 4.78 is 21.4. The van der Waals surface area contributed by atoms with E-state index in [2.05, 4.69) is 9.97 Å². The van der Waals surface area contributed by atoms with E-state index in [0.29, 0.717) is 16.5 Å². The fourth-order valence-corrected chi connectivity index (χ4v) is 3.03. The van der Waals surface area contributed by atoms with Gasteiger partial charge in [-0.2, -0.15) is 4.98 Å². The third-order valence-electron chi connectivity index (χ3n) is 3.71. The van der Waals surface area contributed by atoms with E-state index in [1.54, 1.807) is 0 Å². The molecule has 2 aromatic carbocycles. The second kappa shape index (κ2) is 8.87. The molecule has 10 heteroatoms. The summed E-state index contributed by atoms with van der Waals surface area (Å²) in [5.41, 5.74) is 20.0. The lowest BCUT2D eigenvalue weighted by molar-refractivity contribution is 0.598. The Morgan fingerprint density at radius 1 is 0.929 bits per heavy atom. The van der Waals surface area contributed by atoms with Crippen molar-refractivity contribution in [1.29, 1.82) is 0 Å². The van der Waals surface area contributed by atoms with E-state index in [9.17, 15) is 8.42 Å². The summed E-state index contributed by atoms with van der Waals surface area (Å²) in [5.74, 6) is 0.605. The number of anilines is 3. The van der Waals surface area contributed by atoms with Gasteiger partial charge in [-0.25, -0.2) is 18.5 Å². The third kappa shape index (κ3) is 5.56. The van der Waals surface area contributed by atoms with Gasteiger partial charge in [-0.15, -0.1) is 0 Å². The van der Waals surface area contributed by atoms with Gasteiger partial charge in [-0.05, 0) is 48.4 Å². The summed E-state index contributed by atoms with van der Waals surface area (Å²) in [5, 5.41) is 5.52. The molecule has 8 nitrogen and oxygen atoms in total. The molecule has 0 spiro atoms. The van der Waals surface area contributed by atoms with Crippen molar-refractivity contribution in [2.75, 3.05) is 17.2 Å². The summed E-state index contributed by atoms with van der Waals surface area (Å²) in [7, 11) is -3.58. The van der Waals surface area contributed by atoms with Gasteiger partial charge >= 0.3 is 0 Å². The molecular weight excluding hydrogens is 400 g/mol. The highest BCUT2D eigenvalue weighted by Crippen LogP contribution is 2.29. The summed E-state index contributed by atoms with van der Waals surface area (Å²) in [4.78, 5) is 8.27. The van der Waals surface area contributed by atoms with Crippen LogP contribution < -0.4 is 22.3 Å². The smallest absolute Gasteiger partial charge is 0.238 e. The molecule has 0 saturated heterocycles. The average molecular weight is 421 g/mol. The number of nitrogen functional groups attached to an aromatic ring is 3. The summed E-state index contributed by atoms with van der Waals surface area (Å²) in [6.45, 7) is 2.00. The number of halogens is 1. The summed E-state index contributed by atoms with van der Waals surface area (Å²) >= 11 is 5.86. The average Bonchev–Trinajstić information content (AvgIpc) is 2.62. The molecule has 28 heavy (non-hydrogen) atoms. The topological polar surface area (TPSA) is 164 Å². The van der Waals surface area contributed by atoms with E-state index in [-0.39, 0.29) is 10.8 Å². The zero-order valence-corrected chi connectivity index (χ0v) is 16.7. The van der Waals surface area contributed by atoms with Crippen LogP contribution >= 0.6 is 11.6 Å². The van der Waals surface area contributed by atoms with E-state index in [1.165, 1.54) is 24.3 Å². The lowest BCUT2D eigenvalue weighted by Gasteiger charge is -2.10. The molecule has 0 aliphatic heterocycles. The second-order valence-corrected chi connectivity index (χ2v) is 7.76. The number of rotatable bonds is 3. The maximum absolute atomic E-state index is 10.7. The van der Waals surface area contributed by atoms with Crippen LogP contribution in [0.4, 0.5) is 17.5 Å². The number of hydrogen-bond acceptors (Lipinski definition) is 7. The molecule has 3 rings (SSSR count). The van der Waals surface area contributed by atoms with Gasteiger partial charge in [0.15, 0.2) is 0 Å². The Morgan fingerprint density at radius 2 is 1.50 bits per heavy atom. The van der Waals surface area contributed by atoms with E-state index in [4.69, 9.17) is 33.9 Å². The van der Waals surface area contributed by atoms with Gasteiger partial charge < -0.3 is 17.2 Å². The van der Waals surface area contributed by atoms with Crippen LogP contribution in [0.3, 0.4) is 0 Å². The Bertz CT molecular complexity index is 1050. The van der Waals surface area contributed by atoms with Crippen LogP contribution in [0.2, 0.25) is 5.02 Å². The SMILES string of the molecule is CCc1nc(N)nc(N)c1-c1ccc(Cl)cc1.Nc1ccc(S(N)(=O)=O)cc1. The van der Waals surface area contributed by atoms with Crippen LogP contribution in [0.15, 0.2) is 53.4 Å². The van der Waals surface area contributed by atoms with Gasteiger partial charge in [-0.3, -0.25) is 0 Å². The minimum atomic E-state index is -3.58. The molecule has 0 atom stereocenters. The van der Waals surface area contributed by atoms with E-state index in [0.717, 1.165) is 23.2 Å². The Balaban J connectivity index is 0.000000221. The number of sulfonamides is 1. The van der Waals surface area contributed by atoms with Gasteiger partial charge in [0, 0.05) is 16.3 Å². The minimum absolute atomic E-state index is 0.0756. The number of nitrogens with zero attached hydrogens (tertiary/aromatic N) is 2. The third-order valence-corrected chi connectivity index (χ3v) is 4.89. The predicted octanol–water partition coefficient (Wildman–Crippen LogP) is 2.44. The molecule has 8 N–H and O–H groups in total. The monoisotopic (exact) mass is 420 g/mol. The second-order valence-electron chi connectivity index (χ2n) is 5.76. The highest BCUT2D eigenvalue weighted by atomic mass is 35.5. The lowest BCUT2D eigenvalue weighted by Crippen LogP contribution is -2.11. The largest absolute Gasteiger partial charge is 0.399 e. The van der Waals surface area contributed by atoms with Crippen molar-refractivity contribution in [3.05, 3.63) is 59.2 Å². The van der Waals surface area contributed by atoms with Gasteiger partial charge in [0.25, 0.3) is 0 Å². The van der Waals surface area contributed by atoms with Crippen LogP contribution in [-0.4, -0.2) is 18.4 Å². The van der Waals surface area contributed by atoms with E-state index >= 15 is 0 Å². The zero-order valence-electron chi connectivity index (χ0n) is 15.1. The Hall–Kier alpha value is -2.88. The summed E-state index contributed by atoms with van der Waals surface area (Å²) in [6, 6.07) is 13.1. The number of primary sulfonamides is 1. The van der Waals surface area contributed by atoms with Crippen LogP contribution in [0.25, 0.3) is 11.1 Å². The van der Waals surface area contributed by atoms with Crippen LogP contribution in [-0.2, 0) is 16.4 Å². The van der Waals surface area contributed by atoms with Crippen molar-refractivity contribution < 1.29 is 8.42 Å². The molecule has 0 aliphatic carbocycles. The normalized spacial score (nSPS) is 10.8. The van der Waals surface area contributed by atoms with Crippen LogP contribution in [0.1, 0.15) is 12.6 Å². The first-order valence-electron chi connectivity index (χ1n) is 8.18. The number of nitrogens with two attached hydrogens (primary N) is 4. The molecule has 1 heterocycles. The van der Waals surface area contributed by atoms with Crippen LogP contribution in [0.5, 0.6) is 0 Å². The highest BCUT2D eigenvalue weighted by Gasteiger charge is 2.12. The first-order valence-corrected chi connectivity index (χ1v) is 10.1. The quantitative estimate of drug-likeness (QED) is 0.472. The zero-order chi connectivity index (χ0) is 20.9. The molecule has 0 fully saturated rings. The van der Waals surface area contributed by atoms with E-state index < -0.39 is 10.0 Å². The molecule has 0 aliphatic rings. The molecule has 3 aromatic rings. The Morgan fingerprint density at radius 3 is 2.00 bits per heavy atom. The minimum Gasteiger partial charge on any atom is -0.399 e. The fraction of sp³-hybridized carbons (Fsp3) is 0.111. The molecule has 0 bridgehead atoms. The van der Waals surface area contributed by atoms with Crippen molar-refractivity contribution in [1.82, 2.24) is 9.97 Å². The first-order chi connectivity index (χ1) is 13.1. The Labute approximate surface area is 168 Å². The standard InChI is InChI=1S/C12H13ClN4.C6H8N2O2S/c1-2-9-10(11(14)17-12(15)16-9)7-3-5-8(13)6-4-7;7-5-1-3-6(4-2-5)11(8,9)10/h3-6H,2H2,1H3,(H4,14,15,16,17);1-4H,7H2,(H2,8,9,10).